The Morgan fingerprint density at radius 1 is 1.26 bits per heavy atom. The average Bonchev–Trinajstić information content (AvgIpc) is 3.38. The molecule has 0 aliphatic heterocycles. The Morgan fingerprint density at radius 3 is 2.85 bits per heavy atom. The average molecular weight is 363 g/mol. The van der Waals surface area contributed by atoms with Gasteiger partial charge >= 0.3 is 7.12 Å². The molecule has 0 saturated heterocycles. The molecule has 27 heavy (non-hydrogen) atoms. The highest BCUT2D eigenvalue weighted by molar-refractivity contribution is 6.60. The van der Waals surface area contributed by atoms with Crippen LogP contribution in [0.5, 0.6) is 0 Å². The molecular formula is C21H22BNO4. The van der Waals surface area contributed by atoms with Gasteiger partial charge in [-0.3, -0.25) is 9.59 Å². The summed E-state index contributed by atoms with van der Waals surface area (Å²) in [5.74, 6) is 0.190. The molecule has 1 saturated carbocycles. The number of rotatable bonds is 5. The van der Waals surface area contributed by atoms with Crippen molar-refractivity contribution < 1.29 is 19.6 Å². The molecule has 3 N–H and O–H groups in total. The first-order valence-electron chi connectivity index (χ1n) is 9.37. The molecule has 2 aliphatic carbocycles. The number of aldehydes is 1. The summed E-state index contributed by atoms with van der Waals surface area (Å²) in [4.78, 5) is 23.6. The molecule has 1 amide bonds. The van der Waals surface area contributed by atoms with Crippen molar-refractivity contribution in [3.63, 3.8) is 0 Å². The number of hydrogen-bond acceptors (Lipinski definition) is 4. The maximum Gasteiger partial charge on any atom is 0.489 e. The van der Waals surface area contributed by atoms with E-state index in [1.807, 2.05) is 0 Å². The van der Waals surface area contributed by atoms with Crippen molar-refractivity contribution in [3.05, 3.63) is 64.7 Å². The lowest BCUT2D eigenvalue weighted by Gasteiger charge is -2.26. The van der Waals surface area contributed by atoms with E-state index < -0.39 is 7.12 Å². The van der Waals surface area contributed by atoms with Crippen LogP contribution in [0.4, 0.5) is 0 Å². The van der Waals surface area contributed by atoms with E-state index in [1.165, 1.54) is 42.2 Å². The summed E-state index contributed by atoms with van der Waals surface area (Å²) in [7, 11) is -1.74. The molecule has 1 fully saturated rings. The zero-order valence-corrected chi connectivity index (χ0v) is 15.0. The Labute approximate surface area is 158 Å². The molecule has 6 heteroatoms. The van der Waals surface area contributed by atoms with Crippen molar-refractivity contribution in [1.29, 1.82) is 0 Å². The highest BCUT2D eigenvalue weighted by Gasteiger charge is 2.56. The molecule has 0 aromatic heterocycles. The molecule has 5 nitrogen and oxygen atoms in total. The normalized spacial score (nSPS) is 22.8. The standard InChI is InChI=1S/C21H22BNO4/c24-13-16-10-15(7-8-19(16)22(26)27)20(25)23-12-17-11-21(17)9-3-5-14-4-1-2-6-18(14)21/h1-2,4,6-8,10,13,17,26-27H,3,5,9,11-12H2,(H,23,25)/t17-,21+/m0/s1. The van der Waals surface area contributed by atoms with Crippen molar-refractivity contribution >= 4 is 24.8 Å². The molecule has 4 rings (SSSR count). The largest absolute Gasteiger partial charge is 0.489 e. The molecule has 2 aliphatic rings. The summed E-state index contributed by atoms with van der Waals surface area (Å²) in [6, 6.07) is 12.9. The lowest BCUT2D eigenvalue weighted by atomic mass is 9.77. The van der Waals surface area contributed by atoms with Gasteiger partial charge in [0.2, 0.25) is 0 Å². The third kappa shape index (κ3) is 3.20. The third-order valence-corrected chi connectivity index (χ3v) is 6.12. The maximum absolute atomic E-state index is 12.5. The molecule has 0 unspecified atom stereocenters. The minimum Gasteiger partial charge on any atom is -0.423 e. The number of nitrogens with one attached hydrogen (secondary N) is 1. The van der Waals surface area contributed by atoms with Gasteiger partial charge in [0.15, 0.2) is 0 Å². The lowest BCUT2D eigenvalue weighted by molar-refractivity contribution is 0.0950. The van der Waals surface area contributed by atoms with Gasteiger partial charge in [0.05, 0.1) is 0 Å². The first-order valence-corrected chi connectivity index (χ1v) is 9.37. The fourth-order valence-corrected chi connectivity index (χ4v) is 4.61. The maximum atomic E-state index is 12.5. The van der Waals surface area contributed by atoms with Gasteiger partial charge in [0, 0.05) is 23.1 Å². The number of hydrogen-bond donors (Lipinski definition) is 3. The molecular weight excluding hydrogens is 341 g/mol. The quantitative estimate of drug-likeness (QED) is 0.551. The van der Waals surface area contributed by atoms with Crippen molar-refractivity contribution in [2.45, 2.75) is 31.1 Å². The predicted molar refractivity (Wildman–Crippen MR) is 103 cm³/mol. The summed E-state index contributed by atoms with van der Waals surface area (Å²) in [6.07, 6.45) is 5.12. The minimum atomic E-state index is -1.74. The van der Waals surface area contributed by atoms with Crippen molar-refractivity contribution in [3.8, 4) is 0 Å². The van der Waals surface area contributed by atoms with Crippen LogP contribution in [0.25, 0.3) is 0 Å². The van der Waals surface area contributed by atoms with Crippen molar-refractivity contribution in [2.24, 2.45) is 5.92 Å². The zero-order valence-electron chi connectivity index (χ0n) is 15.0. The van der Waals surface area contributed by atoms with Gasteiger partial charge in [0.1, 0.15) is 6.29 Å². The van der Waals surface area contributed by atoms with E-state index in [-0.39, 0.29) is 22.3 Å². The summed E-state index contributed by atoms with van der Waals surface area (Å²) in [6.45, 7) is 0.605. The van der Waals surface area contributed by atoms with Crippen LogP contribution in [-0.2, 0) is 11.8 Å². The van der Waals surface area contributed by atoms with E-state index in [2.05, 4.69) is 29.6 Å². The van der Waals surface area contributed by atoms with E-state index in [9.17, 15) is 19.6 Å². The summed E-state index contributed by atoms with van der Waals surface area (Å²) in [5.41, 5.74) is 3.65. The van der Waals surface area contributed by atoms with Gasteiger partial charge in [-0.15, -0.1) is 0 Å². The smallest absolute Gasteiger partial charge is 0.423 e. The molecule has 0 bridgehead atoms. The van der Waals surface area contributed by atoms with Crippen LogP contribution in [-0.4, -0.2) is 35.9 Å². The van der Waals surface area contributed by atoms with E-state index in [4.69, 9.17) is 0 Å². The zero-order chi connectivity index (χ0) is 19.0. The van der Waals surface area contributed by atoms with E-state index in [1.54, 1.807) is 0 Å². The van der Waals surface area contributed by atoms with E-state index >= 15 is 0 Å². The minimum absolute atomic E-state index is 0.0986. The van der Waals surface area contributed by atoms with Crippen LogP contribution in [0.1, 0.15) is 51.1 Å². The van der Waals surface area contributed by atoms with Gasteiger partial charge in [-0.25, -0.2) is 0 Å². The second-order valence-electron chi connectivity index (χ2n) is 7.61. The van der Waals surface area contributed by atoms with Gasteiger partial charge in [-0.05, 0) is 60.3 Å². The summed E-state index contributed by atoms with van der Waals surface area (Å²) in [5, 5.41) is 21.5. The Morgan fingerprint density at radius 2 is 2.07 bits per heavy atom. The molecule has 2 aromatic rings. The van der Waals surface area contributed by atoms with E-state index in [0.29, 0.717) is 24.3 Å². The van der Waals surface area contributed by atoms with Gasteiger partial charge in [-0.2, -0.15) is 0 Å². The van der Waals surface area contributed by atoms with Crippen LogP contribution in [0.15, 0.2) is 42.5 Å². The van der Waals surface area contributed by atoms with Crippen LogP contribution in [0.3, 0.4) is 0 Å². The Hall–Kier alpha value is -2.44. The Kier molecular flexibility index (Phi) is 4.62. The van der Waals surface area contributed by atoms with Crippen LogP contribution in [0, 0.1) is 5.92 Å². The van der Waals surface area contributed by atoms with Crippen LogP contribution in [0.2, 0.25) is 0 Å². The fraction of sp³-hybridized carbons (Fsp3) is 0.333. The van der Waals surface area contributed by atoms with Gasteiger partial charge < -0.3 is 15.4 Å². The summed E-state index contributed by atoms with van der Waals surface area (Å²) >= 11 is 0. The number of fused-ring (bicyclic) bond motifs is 2. The Bertz CT molecular complexity index is 898. The van der Waals surface area contributed by atoms with E-state index in [0.717, 1.165) is 12.8 Å². The fourth-order valence-electron chi connectivity index (χ4n) is 4.61. The molecule has 0 heterocycles. The number of carbonyl (C=O) groups excluding carboxylic acids is 2. The number of amides is 1. The monoisotopic (exact) mass is 363 g/mol. The number of aryl methyl sites for hydroxylation is 1. The highest BCUT2D eigenvalue weighted by Crippen LogP contribution is 2.59. The molecule has 2 atom stereocenters. The SMILES string of the molecule is O=Cc1cc(C(=O)NC[C@@H]2C[C@]23CCCc2ccccc23)ccc1B(O)O. The second kappa shape index (κ2) is 6.95. The lowest BCUT2D eigenvalue weighted by Crippen LogP contribution is -2.34. The predicted octanol–water partition coefficient (Wildman–Crippen LogP) is 1.20. The van der Waals surface area contributed by atoms with Crippen molar-refractivity contribution in [2.75, 3.05) is 6.54 Å². The molecule has 1 spiro atoms. The summed E-state index contributed by atoms with van der Waals surface area (Å²) < 4.78 is 0. The first-order chi connectivity index (χ1) is 13.0. The van der Waals surface area contributed by atoms with Crippen LogP contribution >= 0.6 is 0 Å². The topological polar surface area (TPSA) is 86.6 Å². The molecule has 2 aromatic carbocycles. The molecule has 138 valence electrons. The number of carbonyl (C=O) groups is 2. The third-order valence-electron chi connectivity index (χ3n) is 6.12. The Balaban J connectivity index is 1.44. The van der Waals surface area contributed by atoms with Gasteiger partial charge in [0.25, 0.3) is 5.91 Å². The number of benzene rings is 2. The first kappa shape index (κ1) is 18.0. The van der Waals surface area contributed by atoms with Gasteiger partial charge in [-0.1, -0.05) is 30.3 Å². The van der Waals surface area contributed by atoms with Crippen LogP contribution < -0.4 is 10.8 Å². The molecule has 0 radical (unpaired) electrons. The second-order valence-corrected chi connectivity index (χ2v) is 7.61. The van der Waals surface area contributed by atoms with Crippen molar-refractivity contribution in [1.82, 2.24) is 5.32 Å². The highest BCUT2D eigenvalue weighted by atomic mass is 16.4.